The van der Waals surface area contributed by atoms with Crippen LogP contribution in [0.1, 0.15) is 56.8 Å². The first kappa shape index (κ1) is 14.1. The van der Waals surface area contributed by atoms with E-state index in [9.17, 15) is 4.79 Å². The summed E-state index contributed by atoms with van der Waals surface area (Å²) < 4.78 is 5.87. The van der Waals surface area contributed by atoms with Gasteiger partial charge >= 0.3 is 0 Å². The molecule has 0 radical (unpaired) electrons. The van der Waals surface area contributed by atoms with Gasteiger partial charge in [0.15, 0.2) is 5.78 Å². The van der Waals surface area contributed by atoms with Crippen LogP contribution in [0.5, 0.6) is 0 Å². The van der Waals surface area contributed by atoms with Crippen LogP contribution < -0.4 is 0 Å². The molecule has 104 valence electrons. The SMILES string of the molecule is CCOC1(C(=O)c2cncnc2)CCC(C)(C)CC1. The Bertz CT molecular complexity index is 433. The highest BCUT2D eigenvalue weighted by molar-refractivity contribution is 6.02. The van der Waals surface area contributed by atoms with Gasteiger partial charge in [0.25, 0.3) is 0 Å². The first-order valence-electron chi connectivity index (χ1n) is 6.93. The average molecular weight is 262 g/mol. The van der Waals surface area contributed by atoms with Gasteiger partial charge in [0, 0.05) is 19.0 Å². The molecule has 1 fully saturated rings. The van der Waals surface area contributed by atoms with Crippen molar-refractivity contribution in [2.45, 2.75) is 52.1 Å². The van der Waals surface area contributed by atoms with Gasteiger partial charge in [-0.3, -0.25) is 4.79 Å². The van der Waals surface area contributed by atoms with E-state index in [1.54, 1.807) is 12.4 Å². The number of ether oxygens (including phenoxy) is 1. The minimum absolute atomic E-state index is 0.0328. The van der Waals surface area contributed by atoms with Gasteiger partial charge in [0.2, 0.25) is 0 Å². The maximum atomic E-state index is 12.7. The van der Waals surface area contributed by atoms with E-state index in [1.807, 2.05) is 6.92 Å². The van der Waals surface area contributed by atoms with Crippen molar-refractivity contribution >= 4 is 5.78 Å². The molecule has 0 aliphatic heterocycles. The number of ketones is 1. The van der Waals surface area contributed by atoms with Crippen molar-refractivity contribution in [3.63, 3.8) is 0 Å². The number of carbonyl (C=O) groups excluding carboxylic acids is 1. The van der Waals surface area contributed by atoms with Crippen molar-refractivity contribution in [2.24, 2.45) is 5.41 Å². The van der Waals surface area contributed by atoms with Crippen molar-refractivity contribution in [2.75, 3.05) is 6.61 Å². The quantitative estimate of drug-likeness (QED) is 0.783. The Hall–Kier alpha value is -1.29. The summed E-state index contributed by atoms with van der Waals surface area (Å²) in [4.78, 5) is 20.6. The van der Waals surface area contributed by atoms with Crippen LogP contribution in [0, 0.1) is 5.41 Å². The zero-order valence-corrected chi connectivity index (χ0v) is 12.0. The normalized spacial score (nSPS) is 21.0. The second-order valence-electron chi connectivity index (χ2n) is 6.05. The molecule has 1 aliphatic carbocycles. The fourth-order valence-corrected chi connectivity index (χ4v) is 2.72. The predicted molar refractivity (Wildman–Crippen MR) is 73.0 cm³/mol. The van der Waals surface area contributed by atoms with Crippen molar-refractivity contribution in [1.29, 1.82) is 0 Å². The summed E-state index contributed by atoms with van der Waals surface area (Å²) in [6.07, 6.45) is 8.17. The smallest absolute Gasteiger partial charge is 0.197 e. The standard InChI is InChI=1S/C15H22N2O2/c1-4-19-15(7-5-14(2,3)6-8-15)13(18)12-9-16-11-17-10-12/h9-11H,4-8H2,1-3H3. The Morgan fingerprint density at radius 3 is 2.32 bits per heavy atom. The highest BCUT2D eigenvalue weighted by Crippen LogP contribution is 2.43. The van der Waals surface area contributed by atoms with Crippen molar-refractivity contribution in [3.8, 4) is 0 Å². The lowest BCUT2D eigenvalue weighted by Gasteiger charge is -2.42. The van der Waals surface area contributed by atoms with E-state index in [2.05, 4.69) is 23.8 Å². The minimum Gasteiger partial charge on any atom is -0.367 e. The van der Waals surface area contributed by atoms with Gasteiger partial charge in [-0.2, -0.15) is 0 Å². The van der Waals surface area contributed by atoms with E-state index in [-0.39, 0.29) is 5.78 Å². The maximum Gasteiger partial charge on any atom is 0.197 e. The number of rotatable bonds is 4. The van der Waals surface area contributed by atoms with Crippen LogP contribution in [-0.2, 0) is 4.74 Å². The Morgan fingerprint density at radius 1 is 1.21 bits per heavy atom. The second kappa shape index (κ2) is 5.37. The Balaban J connectivity index is 2.23. The van der Waals surface area contributed by atoms with E-state index in [0.717, 1.165) is 25.7 Å². The third-order valence-electron chi connectivity index (χ3n) is 4.07. The average Bonchev–Trinajstić information content (AvgIpc) is 2.42. The number of Topliss-reactive ketones (excluding diaryl/α,β-unsaturated/α-hetero) is 1. The van der Waals surface area contributed by atoms with Crippen molar-refractivity contribution in [3.05, 3.63) is 24.3 Å². The molecule has 2 rings (SSSR count). The molecule has 1 aliphatic rings. The van der Waals surface area contributed by atoms with Crippen LogP contribution >= 0.6 is 0 Å². The number of nitrogens with zero attached hydrogens (tertiary/aromatic N) is 2. The van der Waals surface area contributed by atoms with Gasteiger partial charge in [-0.05, 0) is 38.0 Å². The van der Waals surface area contributed by atoms with Gasteiger partial charge in [0.1, 0.15) is 11.9 Å². The molecule has 0 unspecified atom stereocenters. The van der Waals surface area contributed by atoms with Gasteiger partial charge in [-0.25, -0.2) is 9.97 Å². The van der Waals surface area contributed by atoms with Gasteiger partial charge in [-0.1, -0.05) is 13.8 Å². The molecule has 0 saturated heterocycles. The molecular formula is C15H22N2O2. The monoisotopic (exact) mass is 262 g/mol. The number of aromatic nitrogens is 2. The van der Waals surface area contributed by atoms with E-state index in [0.29, 0.717) is 17.6 Å². The topological polar surface area (TPSA) is 52.1 Å². The molecule has 0 N–H and O–H groups in total. The van der Waals surface area contributed by atoms with E-state index < -0.39 is 5.60 Å². The van der Waals surface area contributed by atoms with Crippen LogP contribution in [0.2, 0.25) is 0 Å². The third-order valence-corrected chi connectivity index (χ3v) is 4.07. The fourth-order valence-electron chi connectivity index (χ4n) is 2.72. The first-order chi connectivity index (χ1) is 8.99. The maximum absolute atomic E-state index is 12.7. The predicted octanol–water partition coefficient (Wildman–Crippen LogP) is 3.03. The van der Waals surface area contributed by atoms with Crippen LogP contribution in [0.4, 0.5) is 0 Å². The second-order valence-corrected chi connectivity index (χ2v) is 6.05. The Labute approximate surface area is 114 Å². The molecule has 0 atom stereocenters. The molecule has 4 nitrogen and oxygen atoms in total. The third kappa shape index (κ3) is 3.00. The molecule has 1 heterocycles. The highest BCUT2D eigenvalue weighted by Gasteiger charge is 2.45. The van der Waals surface area contributed by atoms with E-state index in [1.165, 1.54) is 6.33 Å². The highest BCUT2D eigenvalue weighted by atomic mass is 16.5. The molecule has 0 aromatic carbocycles. The molecular weight excluding hydrogens is 240 g/mol. The van der Waals surface area contributed by atoms with E-state index in [4.69, 9.17) is 4.74 Å². The van der Waals surface area contributed by atoms with Crippen LogP contribution in [0.15, 0.2) is 18.7 Å². The molecule has 1 saturated carbocycles. The molecule has 1 aromatic rings. The van der Waals surface area contributed by atoms with Crippen molar-refractivity contribution < 1.29 is 9.53 Å². The summed E-state index contributed by atoms with van der Waals surface area (Å²) in [5.41, 5.74) is 0.180. The largest absolute Gasteiger partial charge is 0.367 e. The van der Waals surface area contributed by atoms with Gasteiger partial charge < -0.3 is 4.74 Å². The number of hydrogen-bond acceptors (Lipinski definition) is 4. The zero-order valence-electron chi connectivity index (χ0n) is 12.0. The van der Waals surface area contributed by atoms with Crippen LogP contribution in [0.3, 0.4) is 0 Å². The summed E-state index contributed by atoms with van der Waals surface area (Å²) in [7, 11) is 0. The summed E-state index contributed by atoms with van der Waals surface area (Å²) in [5.74, 6) is 0.0328. The van der Waals surface area contributed by atoms with Gasteiger partial charge in [-0.15, -0.1) is 0 Å². The molecule has 0 spiro atoms. The fraction of sp³-hybridized carbons (Fsp3) is 0.667. The lowest BCUT2D eigenvalue weighted by Crippen LogP contribution is -2.46. The molecule has 0 amide bonds. The summed E-state index contributed by atoms with van der Waals surface area (Å²) in [6, 6.07) is 0. The lowest BCUT2D eigenvalue weighted by atomic mass is 9.69. The van der Waals surface area contributed by atoms with Crippen LogP contribution in [0.25, 0.3) is 0 Å². The van der Waals surface area contributed by atoms with Gasteiger partial charge in [0.05, 0.1) is 5.56 Å². The molecule has 0 bridgehead atoms. The molecule has 4 heteroatoms. The zero-order chi connectivity index (χ0) is 13.9. The van der Waals surface area contributed by atoms with E-state index >= 15 is 0 Å². The molecule has 19 heavy (non-hydrogen) atoms. The Morgan fingerprint density at radius 2 is 1.79 bits per heavy atom. The van der Waals surface area contributed by atoms with Crippen LogP contribution in [-0.4, -0.2) is 28.0 Å². The molecule has 1 aromatic heterocycles. The summed E-state index contributed by atoms with van der Waals surface area (Å²) >= 11 is 0. The Kier molecular flexibility index (Phi) is 3.99. The summed E-state index contributed by atoms with van der Waals surface area (Å²) in [6.45, 7) is 6.99. The van der Waals surface area contributed by atoms with Crippen molar-refractivity contribution in [1.82, 2.24) is 9.97 Å². The summed E-state index contributed by atoms with van der Waals surface area (Å²) in [5, 5.41) is 0. The number of hydrogen-bond donors (Lipinski definition) is 0. The lowest BCUT2D eigenvalue weighted by molar-refractivity contribution is -0.0580. The number of carbonyl (C=O) groups is 1. The minimum atomic E-state index is -0.672. The first-order valence-corrected chi connectivity index (χ1v) is 6.93.